The number of carbonyl (C=O) groups excluding carboxylic acids is 1. The molecule has 132 valence electrons. The van der Waals surface area contributed by atoms with E-state index in [-0.39, 0.29) is 13.1 Å². The molecule has 1 amide bonds. The van der Waals surface area contributed by atoms with Gasteiger partial charge in [0.05, 0.1) is 11.8 Å². The maximum absolute atomic E-state index is 13.2. The van der Waals surface area contributed by atoms with Crippen LogP contribution < -0.4 is 4.90 Å². The molecule has 2 atom stereocenters. The van der Waals surface area contributed by atoms with Gasteiger partial charge in [0.2, 0.25) is 11.9 Å². The first-order valence-electron chi connectivity index (χ1n) is 7.92. The molecule has 2 saturated heterocycles. The molecule has 24 heavy (non-hydrogen) atoms. The van der Waals surface area contributed by atoms with Gasteiger partial charge in [0.15, 0.2) is 0 Å². The van der Waals surface area contributed by atoms with Crippen LogP contribution in [0, 0.1) is 11.8 Å². The van der Waals surface area contributed by atoms with Crippen molar-refractivity contribution in [3.05, 3.63) is 18.5 Å². The third-order valence-electron chi connectivity index (χ3n) is 4.67. The van der Waals surface area contributed by atoms with Gasteiger partial charge in [-0.2, -0.15) is 13.2 Å². The van der Waals surface area contributed by atoms with Gasteiger partial charge in [-0.05, 0) is 13.1 Å². The molecule has 0 bridgehead atoms. The summed E-state index contributed by atoms with van der Waals surface area (Å²) in [6.07, 6.45) is -1.06. The summed E-state index contributed by atoms with van der Waals surface area (Å²) in [6.45, 7) is 1.87. The predicted octanol–water partition coefficient (Wildman–Crippen LogP) is 0.865. The second-order valence-corrected chi connectivity index (χ2v) is 6.34. The Hall–Kier alpha value is -1.90. The van der Waals surface area contributed by atoms with E-state index in [1.54, 1.807) is 35.3 Å². The third kappa shape index (κ3) is 3.45. The second kappa shape index (κ2) is 6.54. The number of halogens is 3. The molecule has 9 heteroatoms. The van der Waals surface area contributed by atoms with Gasteiger partial charge in [-0.1, -0.05) is 0 Å². The molecule has 0 spiro atoms. The van der Waals surface area contributed by atoms with Crippen LogP contribution in [0.1, 0.15) is 0 Å². The number of hydrogen-bond donors (Lipinski definition) is 0. The van der Waals surface area contributed by atoms with Crippen molar-refractivity contribution in [2.24, 2.45) is 11.8 Å². The molecule has 1 aromatic rings. The van der Waals surface area contributed by atoms with Crippen molar-refractivity contribution >= 4 is 11.9 Å². The van der Waals surface area contributed by atoms with Crippen LogP contribution in [0.15, 0.2) is 18.5 Å². The Morgan fingerprint density at radius 2 is 1.75 bits per heavy atom. The fraction of sp³-hybridized carbons (Fsp3) is 0.667. The Balaban J connectivity index is 1.63. The molecule has 0 radical (unpaired) electrons. The average Bonchev–Trinajstić information content (AvgIpc) is 2.97. The first-order chi connectivity index (χ1) is 11.4. The zero-order chi connectivity index (χ0) is 17.3. The maximum atomic E-state index is 13.2. The minimum atomic E-state index is -4.34. The smallest absolute Gasteiger partial charge is 0.339 e. The topological polar surface area (TPSA) is 52.6 Å². The van der Waals surface area contributed by atoms with Crippen molar-refractivity contribution in [2.45, 2.75) is 6.18 Å². The van der Waals surface area contributed by atoms with E-state index in [0.717, 1.165) is 0 Å². The molecule has 3 heterocycles. The molecule has 2 fully saturated rings. The molecule has 0 N–H and O–H groups in total. The minimum Gasteiger partial charge on any atom is -0.339 e. The maximum Gasteiger partial charge on any atom is 0.393 e. The summed E-state index contributed by atoms with van der Waals surface area (Å²) in [5.74, 6) is -2.39. The summed E-state index contributed by atoms with van der Waals surface area (Å²) < 4.78 is 39.5. The van der Waals surface area contributed by atoms with E-state index < -0.39 is 23.9 Å². The number of aromatic nitrogens is 2. The van der Waals surface area contributed by atoms with Crippen LogP contribution in [0.5, 0.6) is 0 Å². The molecular formula is C15H20F3N5O. The van der Waals surface area contributed by atoms with Crippen molar-refractivity contribution in [3.8, 4) is 0 Å². The first-order valence-corrected chi connectivity index (χ1v) is 7.92. The van der Waals surface area contributed by atoms with Crippen molar-refractivity contribution in [1.82, 2.24) is 19.8 Å². The van der Waals surface area contributed by atoms with Crippen LogP contribution in [0.25, 0.3) is 0 Å². The lowest BCUT2D eigenvalue weighted by Crippen LogP contribution is -2.52. The molecule has 2 aliphatic rings. The number of rotatable bonds is 2. The molecule has 2 aliphatic heterocycles. The average molecular weight is 343 g/mol. The van der Waals surface area contributed by atoms with E-state index in [4.69, 9.17) is 0 Å². The highest BCUT2D eigenvalue weighted by molar-refractivity contribution is 5.80. The number of nitrogens with zero attached hydrogens (tertiary/aromatic N) is 5. The van der Waals surface area contributed by atoms with Crippen molar-refractivity contribution < 1.29 is 18.0 Å². The molecular weight excluding hydrogens is 323 g/mol. The third-order valence-corrected chi connectivity index (χ3v) is 4.67. The molecule has 3 rings (SSSR count). The van der Waals surface area contributed by atoms with E-state index in [2.05, 4.69) is 9.97 Å². The van der Waals surface area contributed by atoms with Crippen molar-refractivity contribution in [2.75, 3.05) is 51.2 Å². The zero-order valence-electron chi connectivity index (χ0n) is 13.4. The second-order valence-electron chi connectivity index (χ2n) is 6.34. The van der Waals surface area contributed by atoms with E-state index in [1.165, 1.54) is 0 Å². The van der Waals surface area contributed by atoms with Gasteiger partial charge in [0.25, 0.3) is 0 Å². The minimum absolute atomic E-state index is 0.113. The van der Waals surface area contributed by atoms with Gasteiger partial charge >= 0.3 is 6.18 Å². The Kier molecular flexibility index (Phi) is 4.62. The lowest BCUT2D eigenvalue weighted by molar-refractivity contribution is -0.186. The summed E-state index contributed by atoms with van der Waals surface area (Å²) in [6, 6.07) is 1.72. The van der Waals surface area contributed by atoms with Crippen molar-refractivity contribution in [3.63, 3.8) is 0 Å². The summed E-state index contributed by atoms with van der Waals surface area (Å²) in [4.78, 5) is 26.0. The highest BCUT2D eigenvalue weighted by Gasteiger charge is 2.52. The lowest BCUT2D eigenvalue weighted by atomic mass is 9.94. The zero-order valence-corrected chi connectivity index (χ0v) is 13.4. The Morgan fingerprint density at radius 1 is 1.12 bits per heavy atom. The van der Waals surface area contributed by atoms with Gasteiger partial charge < -0.3 is 14.7 Å². The van der Waals surface area contributed by atoms with Gasteiger partial charge in [-0.15, -0.1) is 0 Å². The number of likely N-dealkylation sites (tertiary alicyclic amines) is 1. The van der Waals surface area contributed by atoms with E-state index >= 15 is 0 Å². The number of anilines is 1. The summed E-state index contributed by atoms with van der Waals surface area (Å²) >= 11 is 0. The SMILES string of the molecule is CN1C[C@@H](C(F)(F)F)[C@H](C(=O)N2CCN(c3ncccn3)CC2)C1. The van der Waals surface area contributed by atoms with Gasteiger partial charge in [0, 0.05) is 51.7 Å². The van der Waals surface area contributed by atoms with Crippen LogP contribution in [0.3, 0.4) is 0 Å². The summed E-state index contributed by atoms with van der Waals surface area (Å²) in [5.41, 5.74) is 0. The molecule has 0 aliphatic carbocycles. The normalized spacial score (nSPS) is 26.0. The highest BCUT2D eigenvalue weighted by atomic mass is 19.4. The van der Waals surface area contributed by atoms with Gasteiger partial charge in [-0.25, -0.2) is 9.97 Å². The van der Waals surface area contributed by atoms with Crippen LogP contribution >= 0.6 is 0 Å². The molecule has 0 unspecified atom stereocenters. The Bertz CT molecular complexity index is 574. The molecule has 0 saturated carbocycles. The first kappa shape index (κ1) is 16.9. The molecule has 6 nitrogen and oxygen atoms in total. The Morgan fingerprint density at radius 3 is 2.33 bits per heavy atom. The highest BCUT2D eigenvalue weighted by Crippen LogP contribution is 2.38. The van der Waals surface area contributed by atoms with Crippen LogP contribution in [0.4, 0.5) is 19.1 Å². The Labute approximate surface area is 138 Å². The fourth-order valence-electron chi connectivity index (χ4n) is 3.40. The largest absolute Gasteiger partial charge is 0.393 e. The monoisotopic (exact) mass is 343 g/mol. The quantitative estimate of drug-likeness (QED) is 0.797. The molecule has 0 aromatic carbocycles. The summed E-state index contributed by atoms with van der Waals surface area (Å²) in [5, 5.41) is 0. The predicted molar refractivity (Wildman–Crippen MR) is 81.4 cm³/mol. The van der Waals surface area contributed by atoms with Crippen molar-refractivity contribution in [1.29, 1.82) is 0 Å². The van der Waals surface area contributed by atoms with E-state index in [9.17, 15) is 18.0 Å². The molecule has 1 aromatic heterocycles. The van der Waals surface area contributed by atoms with Gasteiger partial charge in [0.1, 0.15) is 0 Å². The summed E-state index contributed by atoms with van der Waals surface area (Å²) in [7, 11) is 1.62. The number of carbonyl (C=O) groups is 1. The van der Waals surface area contributed by atoms with E-state index in [1.807, 2.05) is 4.90 Å². The number of amides is 1. The number of alkyl halides is 3. The standard InChI is InChI=1S/C15H20F3N5O/c1-21-9-11(12(10-21)15(16,17)18)13(24)22-5-7-23(8-6-22)14-19-3-2-4-20-14/h2-4,11-12H,5-10H2,1H3/t11-,12-/m1/s1. The fourth-order valence-corrected chi connectivity index (χ4v) is 3.40. The van der Waals surface area contributed by atoms with Crippen LogP contribution in [-0.4, -0.2) is 78.2 Å². The van der Waals surface area contributed by atoms with Crippen LogP contribution in [-0.2, 0) is 4.79 Å². The van der Waals surface area contributed by atoms with E-state index in [0.29, 0.717) is 32.1 Å². The lowest BCUT2D eigenvalue weighted by Gasteiger charge is -2.36. The number of hydrogen-bond acceptors (Lipinski definition) is 5. The van der Waals surface area contributed by atoms with Gasteiger partial charge in [-0.3, -0.25) is 4.79 Å². The van der Waals surface area contributed by atoms with Crippen LogP contribution in [0.2, 0.25) is 0 Å². The number of piperazine rings is 1.